The fourth-order valence-corrected chi connectivity index (χ4v) is 2.96. The van der Waals surface area contributed by atoms with Gasteiger partial charge >= 0.3 is 5.97 Å². The smallest absolute Gasteiger partial charge is 0.326 e. The van der Waals surface area contributed by atoms with E-state index in [2.05, 4.69) is 17.3 Å². The summed E-state index contributed by atoms with van der Waals surface area (Å²) in [7, 11) is 2.11. The van der Waals surface area contributed by atoms with Gasteiger partial charge in [-0.05, 0) is 46.7 Å². The molecule has 0 heterocycles. The molecule has 0 aromatic heterocycles. The Labute approximate surface area is 123 Å². The van der Waals surface area contributed by atoms with E-state index in [4.69, 9.17) is 9.47 Å². The van der Waals surface area contributed by atoms with Crippen LogP contribution in [0.5, 0.6) is 0 Å². The molecule has 0 aliphatic heterocycles. The summed E-state index contributed by atoms with van der Waals surface area (Å²) in [4.78, 5) is 14.6. The molecule has 0 spiro atoms. The minimum atomic E-state index is -0.491. The van der Waals surface area contributed by atoms with E-state index in [0.717, 1.165) is 45.6 Å². The number of rotatable bonds is 9. The predicted molar refractivity (Wildman–Crippen MR) is 79.8 cm³/mol. The average molecular weight is 286 g/mol. The van der Waals surface area contributed by atoms with Crippen molar-refractivity contribution in [3.8, 4) is 0 Å². The SMILES string of the molecule is CCNC1(C(=O)OCC)CCC(N(C)CCOCC)C1. The highest BCUT2D eigenvalue weighted by atomic mass is 16.5. The molecule has 5 nitrogen and oxygen atoms in total. The molecule has 0 radical (unpaired) electrons. The Balaban J connectivity index is 2.57. The van der Waals surface area contributed by atoms with Gasteiger partial charge < -0.3 is 19.7 Å². The van der Waals surface area contributed by atoms with Crippen LogP contribution in [0.2, 0.25) is 0 Å². The van der Waals surface area contributed by atoms with Gasteiger partial charge in [0.2, 0.25) is 0 Å². The maximum Gasteiger partial charge on any atom is 0.326 e. The highest BCUT2D eigenvalue weighted by Crippen LogP contribution is 2.33. The molecule has 0 amide bonds. The summed E-state index contributed by atoms with van der Waals surface area (Å²) in [5.41, 5.74) is -0.491. The van der Waals surface area contributed by atoms with Gasteiger partial charge in [0, 0.05) is 19.2 Å². The first-order valence-corrected chi connectivity index (χ1v) is 7.79. The van der Waals surface area contributed by atoms with Gasteiger partial charge in [-0.3, -0.25) is 4.79 Å². The minimum absolute atomic E-state index is 0.0949. The molecular weight excluding hydrogens is 256 g/mol. The molecule has 0 aromatic carbocycles. The molecule has 1 fully saturated rings. The van der Waals surface area contributed by atoms with E-state index in [-0.39, 0.29) is 5.97 Å². The van der Waals surface area contributed by atoms with E-state index in [0.29, 0.717) is 12.6 Å². The Morgan fingerprint density at radius 3 is 2.70 bits per heavy atom. The van der Waals surface area contributed by atoms with Crippen molar-refractivity contribution in [3.63, 3.8) is 0 Å². The van der Waals surface area contributed by atoms with Crippen molar-refractivity contribution in [1.29, 1.82) is 0 Å². The highest BCUT2D eigenvalue weighted by Gasteiger charge is 2.46. The Morgan fingerprint density at radius 2 is 2.10 bits per heavy atom. The first kappa shape index (κ1) is 17.4. The second kappa shape index (κ2) is 8.60. The summed E-state index contributed by atoms with van der Waals surface area (Å²) in [5, 5.41) is 3.36. The van der Waals surface area contributed by atoms with Gasteiger partial charge in [0.1, 0.15) is 5.54 Å². The van der Waals surface area contributed by atoms with Crippen LogP contribution in [0, 0.1) is 0 Å². The highest BCUT2D eigenvalue weighted by molar-refractivity contribution is 5.81. The van der Waals surface area contributed by atoms with E-state index >= 15 is 0 Å². The lowest BCUT2D eigenvalue weighted by Crippen LogP contribution is -2.52. The number of esters is 1. The van der Waals surface area contributed by atoms with Crippen LogP contribution in [-0.4, -0.2) is 62.4 Å². The summed E-state index contributed by atoms with van der Waals surface area (Å²) in [6.07, 6.45) is 2.69. The summed E-state index contributed by atoms with van der Waals surface area (Å²) in [6.45, 7) is 9.53. The van der Waals surface area contributed by atoms with Gasteiger partial charge in [0.25, 0.3) is 0 Å². The molecule has 0 bridgehead atoms. The van der Waals surface area contributed by atoms with E-state index in [1.807, 2.05) is 20.8 Å². The monoisotopic (exact) mass is 286 g/mol. The first-order valence-electron chi connectivity index (χ1n) is 7.79. The lowest BCUT2D eigenvalue weighted by Gasteiger charge is -2.30. The normalized spacial score (nSPS) is 26.1. The zero-order chi connectivity index (χ0) is 15.0. The molecular formula is C15H30N2O3. The standard InChI is InChI=1S/C15H30N2O3/c1-5-16-15(14(18)20-7-3)9-8-13(12-15)17(4)10-11-19-6-2/h13,16H,5-12H2,1-4H3. The Hall–Kier alpha value is -0.650. The van der Waals surface area contributed by atoms with Crippen molar-refractivity contribution in [3.05, 3.63) is 0 Å². The van der Waals surface area contributed by atoms with Gasteiger partial charge in [0.05, 0.1) is 13.2 Å². The second-order valence-electron chi connectivity index (χ2n) is 5.41. The molecule has 1 saturated carbocycles. The zero-order valence-corrected chi connectivity index (χ0v) is 13.4. The van der Waals surface area contributed by atoms with Crippen LogP contribution in [0.4, 0.5) is 0 Å². The average Bonchev–Trinajstić information content (AvgIpc) is 2.85. The first-order chi connectivity index (χ1) is 9.59. The zero-order valence-electron chi connectivity index (χ0n) is 13.4. The van der Waals surface area contributed by atoms with Gasteiger partial charge in [-0.25, -0.2) is 0 Å². The van der Waals surface area contributed by atoms with Gasteiger partial charge in [-0.15, -0.1) is 0 Å². The molecule has 1 aliphatic rings. The predicted octanol–water partition coefficient (Wildman–Crippen LogP) is 1.42. The number of hydrogen-bond acceptors (Lipinski definition) is 5. The minimum Gasteiger partial charge on any atom is -0.465 e. The molecule has 0 aromatic rings. The van der Waals surface area contributed by atoms with Crippen LogP contribution in [0.3, 0.4) is 0 Å². The summed E-state index contributed by atoms with van der Waals surface area (Å²) in [6, 6.07) is 0.416. The summed E-state index contributed by atoms with van der Waals surface area (Å²) in [5.74, 6) is -0.0949. The third kappa shape index (κ3) is 4.43. The number of likely N-dealkylation sites (N-methyl/N-ethyl adjacent to an activating group) is 2. The van der Waals surface area contributed by atoms with Gasteiger partial charge in [-0.1, -0.05) is 6.92 Å². The lowest BCUT2D eigenvalue weighted by molar-refractivity contribution is -0.151. The molecule has 2 unspecified atom stereocenters. The topological polar surface area (TPSA) is 50.8 Å². The number of ether oxygens (including phenoxy) is 2. The van der Waals surface area contributed by atoms with Crippen LogP contribution >= 0.6 is 0 Å². The molecule has 0 saturated heterocycles. The largest absolute Gasteiger partial charge is 0.465 e. The van der Waals surface area contributed by atoms with Crippen molar-refractivity contribution in [2.45, 2.75) is 51.6 Å². The Kier molecular flexibility index (Phi) is 7.48. The lowest BCUT2D eigenvalue weighted by atomic mass is 9.97. The third-order valence-electron chi connectivity index (χ3n) is 4.09. The van der Waals surface area contributed by atoms with E-state index in [9.17, 15) is 4.79 Å². The van der Waals surface area contributed by atoms with Crippen molar-refractivity contribution < 1.29 is 14.3 Å². The van der Waals surface area contributed by atoms with Crippen molar-refractivity contribution in [2.24, 2.45) is 0 Å². The fourth-order valence-electron chi connectivity index (χ4n) is 2.96. The van der Waals surface area contributed by atoms with Crippen molar-refractivity contribution in [1.82, 2.24) is 10.2 Å². The number of carbonyl (C=O) groups excluding carboxylic acids is 1. The van der Waals surface area contributed by atoms with Crippen LogP contribution < -0.4 is 5.32 Å². The maximum absolute atomic E-state index is 12.3. The summed E-state index contributed by atoms with van der Waals surface area (Å²) >= 11 is 0. The molecule has 1 N–H and O–H groups in total. The Morgan fingerprint density at radius 1 is 1.35 bits per heavy atom. The number of nitrogens with one attached hydrogen (secondary N) is 1. The van der Waals surface area contributed by atoms with Crippen LogP contribution in [-0.2, 0) is 14.3 Å². The number of nitrogens with zero attached hydrogens (tertiary/aromatic N) is 1. The molecule has 20 heavy (non-hydrogen) atoms. The quantitative estimate of drug-likeness (QED) is 0.513. The molecule has 1 aliphatic carbocycles. The Bertz CT molecular complexity index is 299. The summed E-state index contributed by atoms with van der Waals surface area (Å²) < 4.78 is 10.7. The molecule has 2 atom stereocenters. The molecule has 118 valence electrons. The van der Waals surface area contributed by atoms with E-state index < -0.39 is 5.54 Å². The van der Waals surface area contributed by atoms with Gasteiger partial charge in [0.15, 0.2) is 0 Å². The number of carbonyl (C=O) groups is 1. The van der Waals surface area contributed by atoms with E-state index in [1.54, 1.807) is 0 Å². The number of hydrogen-bond donors (Lipinski definition) is 1. The van der Waals surface area contributed by atoms with Crippen LogP contribution in [0.25, 0.3) is 0 Å². The molecule has 5 heteroatoms. The van der Waals surface area contributed by atoms with Crippen molar-refractivity contribution in [2.75, 3.05) is 40.0 Å². The second-order valence-corrected chi connectivity index (χ2v) is 5.41. The van der Waals surface area contributed by atoms with E-state index in [1.165, 1.54) is 0 Å². The maximum atomic E-state index is 12.3. The van der Waals surface area contributed by atoms with Crippen LogP contribution in [0.15, 0.2) is 0 Å². The third-order valence-corrected chi connectivity index (χ3v) is 4.09. The van der Waals surface area contributed by atoms with Gasteiger partial charge in [-0.2, -0.15) is 0 Å². The fraction of sp³-hybridized carbons (Fsp3) is 0.933. The van der Waals surface area contributed by atoms with Crippen LogP contribution in [0.1, 0.15) is 40.0 Å². The molecule has 1 rings (SSSR count). The van der Waals surface area contributed by atoms with Crippen molar-refractivity contribution >= 4 is 5.97 Å².